The van der Waals surface area contributed by atoms with Crippen LogP contribution in [0, 0.1) is 13.8 Å². The van der Waals surface area contributed by atoms with E-state index >= 15 is 0 Å². The Hall–Kier alpha value is -1.72. The number of fused-ring (bicyclic) bond motifs is 1. The number of nitrogens with zero attached hydrogens (tertiary/aromatic N) is 2. The molecule has 26 heavy (non-hydrogen) atoms. The number of hydrogen-bond donors (Lipinski definition) is 0. The van der Waals surface area contributed by atoms with Gasteiger partial charge in [0.05, 0.1) is 35.9 Å². The van der Waals surface area contributed by atoms with Crippen molar-refractivity contribution in [1.82, 2.24) is 9.88 Å². The molecule has 2 aromatic rings. The van der Waals surface area contributed by atoms with Gasteiger partial charge < -0.3 is 9.64 Å². The Labute approximate surface area is 159 Å². The van der Waals surface area contributed by atoms with Gasteiger partial charge in [-0.2, -0.15) is 0 Å². The van der Waals surface area contributed by atoms with Crippen molar-refractivity contribution in [1.29, 1.82) is 0 Å². The lowest BCUT2D eigenvalue weighted by molar-refractivity contribution is -0.148. The molecular formula is C21H26N2O2S. The van der Waals surface area contributed by atoms with Gasteiger partial charge in [0.15, 0.2) is 0 Å². The minimum absolute atomic E-state index is 0.224. The second-order valence-corrected chi connectivity index (χ2v) is 8.68. The normalized spacial score (nSPS) is 22.9. The molecular weight excluding hydrogens is 344 g/mol. The third kappa shape index (κ3) is 3.55. The van der Waals surface area contributed by atoms with Crippen LogP contribution in [0.2, 0.25) is 0 Å². The number of morpholine rings is 1. The van der Waals surface area contributed by atoms with Crippen LogP contribution in [0.25, 0.3) is 11.3 Å². The predicted molar refractivity (Wildman–Crippen MR) is 104 cm³/mol. The van der Waals surface area contributed by atoms with Gasteiger partial charge in [-0.1, -0.05) is 42.7 Å². The Balaban J connectivity index is 1.55. The van der Waals surface area contributed by atoms with E-state index in [1.807, 2.05) is 6.92 Å². The fraction of sp³-hybridized carbons (Fsp3) is 0.524. The highest BCUT2D eigenvalue weighted by atomic mass is 32.1. The fourth-order valence-electron chi connectivity index (χ4n) is 4.17. The summed E-state index contributed by atoms with van der Waals surface area (Å²) >= 11 is 1.65. The molecule has 1 aromatic carbocycles. The van der Waals surface area contributed by atoms with E-state index in [4.69, 9.17) is 9.72 Å². The summed E-state index contributed by atoms with van der Waals surface area (Å²) in [4.78, 5) is 21.0. The summed E-state index contributed by atoms with van der Waals surface area (Å²) in [5.74, 6) is 0.224. The van der Waals surface area contributed by atoms with Crippen LogP contribution in [0.1, 0.15) is 41.1 Å². The fourth-order valence-corrected chi connectivity index (χ4v) is 5.12. The zero-order chi connectivity index (χ0) is 18.1. The molecule has 1 aliphatic carbocycles. The van der Waals surface area contributed by atoms with Gasteiger partial charge in [0.25, 0.3) is 0 Å². The summed E-state index contributed by atoms with van der Waals surface area (Å²) in [7, 11) is 0. The predicted octanol–water partition coefficient (Wildman–Crippen LogP) is 4.14. The standard InChI is InChI=1S/C21H26N2O2S/c1-14-7-9-16(10-8-14)21-19(26-15(2)22-21)13-20(24)23-11-12-25-18-6-4-3-5-17(18)23/h7-10,17-18H,3-6,11-13H2,1-2H3/t17-,18+/m1/s1. The Kier molecular flexibility index (Phi) is 5.09. The number of carbonyl (C=O) groups is 1. The molecule has 2 heterocycles. The molecule has 1 amide bonds. The molecule has 0 radical (unpaired) electrons. The van der Waals surface area contributed by atoms with Crippen LogP contribution in [0.15, 0.2) is 24.3 Å². The van der Waals surface area contributed by atoms with Crippen LogP contribution in [0.5, 0.6) is 0 Å². The first kappa shape index (κ1) is 17.7. The number of amides is 1. The molecule has 2 aliphatic rings. The van der Waals surface area contributed by atoms with Gasteiger partial charge in [-0.05, 0) is 26.7 Å². The van der Waals surface area contributed by atoms with Crippen molar-refractivity contribution in [3.8, 4) is 11.3 Å². The molecule has 0 bridgehead atoms. The minimum atomic E-state index is 0.224. The van der Waals surface area contributed by atoms with Crippen molar-refractivity contribution in [2.45, 2.75) is 58.1 Å². The Morgan fingerprint density at radius 1 is 1.23 bits per heavy atom. The number of benzene rings is 1. The number of rotatable bonds is 3. The van der Waals surface area contributed by atoms with Crippen molar-refractivity contribution in [3.63, 3.8) is 0 Å². The van der Waals surface area contributed by atoms with E-state index in [9.17, 15) is 4.79 Å². The molecule has 1 saturated carbocycles. The number of thiazole rings is 1. The van der Waals surface area contributed by atoms with Crippen LogP contribution >= 0.6 is 11.3 Å². The lowest BCUT2D eigenvalue weighted by Gasteiger charge is -2.43. The molecule has 2 fully saturated rings. The first-order chi connectivity index (χ1) is 12.6. The second kappa shape index (κ2) is 7.49. The van der Waals surface area contributed by atoms with Crippen molar-refractivity contribution in [2.75, 3.05) is 13.2 Å². The highest BCUT2D eigenvalue weighted by Gasteiger charge is 2.36. The number of aromatic nitrogens is 1. The molecule has 1 aliphatic heterocycles. The molecule has 138 valence electrons. The summed E-state index contributed by atoms with van der Waals surface area (Å²) in [6.07, 6.45) is 5.25. The zero-order valence-corrected chi connectivity index (χ0v) is 16.3. The maximum absolute atomic E-state index is 13.1. The van der Waals surface area contributed by atoms with Gasteiger partial charge in [0.1, 0.15) is 0 Å². The summed E-state index contributed by atoms with van der Waals surface area (Å²) in [5.41, 5.74) is 3.30. The van der Waals surface area contributed by atoms with Gasteiger partial charge in [0.2, 0.25) is 5.91 Å². The molecule has 5 heteroatoms. The molecule has 4 rings (SSSR count). The quantitative estimate of drug-likeness (QED) is 0.815. The molecule has 4 nitrogen and oxygen atoms in total. The average molecular weight is 371 g/mol. The van der Waals surface area contributed by atoms with Crippen molar-refractivity contribution < 1.29 is 9.53 Å². The molecule has 0 N–H and O–H groups in total. The van der Waals surface area contributed by atoms with E-state index in [1.54, 1.807) is 11.3 Å². The third-order valence-corrected chi connectivity index (χ3v) is 6.46. The number of hydrogen-bond acceptors (Lipinski definition) is 4. The molecule has 0 spiro atoms. The molecule has 0 unspecified atom stereocenters. The maximum atomic E-state index is 13.1. The summed E-state index contributed by atoms with van der Waals surface area (Å²) < 4.78 is 5.92. The van der Waals surface area contributed by atoms with Gasteiger partial charge in [-0.25, -0.2) is 4.98 Å². The average Bonchev–Trinajstić information content (AvgIpc) is 3.02. The number of ether oxygens (including phenoxy) is 1. The smallest absolute Gasteiger partial charge is 0.228 e. The van der Waals surface area contributed by atoms with E-state index in [1.165, 1.54) is 18.4 Å². The molecule has 1 aromatic heterocycles. The minimum Gasteiger partial charge on any atom is -0.374 e. The second-order valence-electron chi connectivity index (χ2n) is 7.40. The molecule has 2 atom stereocenters. The highest BCUT2D eigenvalue weighted by Crippen LogP contribution is 2.32. The van der Waals surface area contributed by atoms with Crippen LogP contribution in [-0.2, 0) is 16.0 Å². The number of aryl methyl sites for hydroxylation is 2. The van der Waals surface area contributed by atoms with Gasteiger partial charge in [0, 0.05) is 17.0 Å². The largest absolute Gasteiger partial charge is 0.374 e. The monoisotopic (exact) mass is 370 g/mol. The van der Waals surface area contributed by atoms with Gasteiger partial charge >= 0.3 is 0 Å². The van der Waals surface area contributed by atoms with Crippen molar-refractivity contribution in [2.24, 2.45) is 0 Å². The van der Waals surface area contributed by atoms with E-state index in [0.29, 0.717) is 13.0 Å². The van der Waals surface area contributed by atoms with E-state index in [2.05, 4.69) is 36.1 Å². The lowest BCUT2D eigenvalue weighted by atomic mass is 9.90. The van der Waals surface area contributed by atoms with Crippen molar-refractivity contribution >= 4 is 17.2 Å². The van der Waals surface area contributed by atoms with E-state index < -0.39 is 0 Å². The Morgan fingerprint density at radius 3 is 2.81 bits per heavy atom. The summed E-state index contributed by atoms with van der Waals surface area (Å²) in [5, 5.41) is 1.01. The summed E-state index contributed by atoms with van der Waals surface area (Å²) in [6.45, 7) is 5.48. The van der Waals surface area contributed by atoms with Crippen LogP contribution in [0.4, 0.5) is 0 Å². The maximum Gasteiger partial charge on any atom is 0.228 e. The summed E-state index contributed by atoms with van der Waals surface area (Å²) in [6, 6.07) is 8.67. The first-order valence-corrected chi connectivity index (χ1v) is 10.4. The third-order valence-electron chi connectivity index (χ3n) is 5.49. The van der Waals surface area contributed by atoms with Crippen LogP contribution in [-0.4, -0.2) is 41.1 Å². The van der Waals surface area contributed by atoms with E-state index in [0.717, 1.165) is 40.5 Å². The van der Waals surface area contributed by atoms with E-state index in [-0.39, 0.29) is 18.1 Å². The van der Waals surface area contributed by atoms with Crippen LogP contribution < -0.4 is 0 Å². The van der Waals surface area contributed by atoms with Crippen molar-refractivity contribution in [3.05, 3.63) is 39.7 Å². The lowest BCUT2D eigenvalue weighted by Crippen LogP contribution is -2.55. The van der Waals surface area contributed by atoms with Gasteiger partial charge in [-0.3, -0.25) is 4.79 Å². The van der Waals surface area contributed by atoms with Gasteiger partial charge in [-0.15, -0.1) is 11.3 Å². The topological polar surface area (TPSA) is 42.4 Å². The SMILES string of the molecule is Cc1ccc(-c2nc(C)sc2CC(=O)N2CCO[C@H]3CCCC[C@H]32)cc1. The molecule has 1 saturated heterocycles. The Morgan fingerprint density at radius 2 is 2.00 bits per heavy atom. The highest BCUT2D eigenvalue weighted by molar-refractivity contribution is 7.12. The number of carbonyl (C=O) groups excluding carboxylic acids is 1. The Bertz CT molecular complexity index is 782. The van der Waals surface area contributed by atoms with Crippen LogP contribution in [0.3, 0.4) is 0 Å². The zero-order valence-electron chi connectivity index (χ0n) is 15.5. The first-order valence-electron chi connectivity index (χ1n) is 9.56.